The molecule has 1 aromatic carbocycles. The Labute approximate surface area is 147 Å². The van der Waals surface area contributed by atoms with Crippen LogP contribution in [0.2, 0.25) is 0 Å². The highest BCUT2D eigenvalue weighted by molar-refractivity contribution is 7.93. The van der Waals surface area contributed by atoms with E-state index in [1.54, 1.807) is 31.2 Å². The highest BCUT2D eigenvalue weighted by Crippen LogP contribution is 2.18. The predicted octanol–water partition coefficient (Wildman–Crippen LogP) is 1.54. The second kappa shape index (κ2) is 9.26. The van der Waals surface area contributed by atoms with Crippen molar-refractivity contribution in [3.05, 3.63) is 24.3 Å². The van der Waals surface area contributed by atoms with Gasteiger partial charge in [0.1, 0.15) is 11.5 Å². The summed E-state index contributed by atoms with van der Waals surface area (Å²) < 4.78 is 32.0. The van der Waals surface area contributed by atoms with Gasteiger partial charge in [0.05, 0.1) is 12.5 Å². The molecule has 1 amide bonds. The van der Waals surface area contributed by atoms with Gasteiger partial charge >= 0.3 is 5.97 Å². The number of rotatable bonds is 10. The molecule has 1 aromatic rings. The number of carbonyl (C=O) groups excluding carboxylic acids is 1. The van der Waals surface area contributed by atoms with Gasteiger partial charge in [-0.3, -0.25) is 14.3 Å². The Morgan fingerprint density at radius 1 is 1.24 bits per heavy atom. The van der Waals surface area contributed by atoms with Crippen LogP contribution in [0.1, 0.15) is 27.2 Å². The first-order valence-corrected chi connectivity index (χ1v) is 9.55. The summed E-state index contributed by atoms with van der Waals surface area (Å²) in [6, 6.07) is 6.35. The van der Waals surface area contributed by atoms with Crippen molar-refractivity contribution in [2.24, 2.45) is 0 Å². The van der Waals surface area contributed by atoms with E-state index < -0.39 is 27.7 Å². The molecule has 0 aromatic heterocycles. The summed E-state index contributed by atoms with van der Waals surface area (Å²) in [5.74, 6) is -1.82. The Bertz CT molecular complexity index is 685. The van der Waals surface area contributed by atoms with Gasteiger partial charge in [0.15, 0.2) is 0 Å². The van der Waals surface area contributed by atoms with Crippen molar-refractivity contribution in [1.82, 2.24) is 4.90 Å². The number of carbonyl (C=O) groups is 2. The lowest BCUT2D eigenvalue weighted by atomic mass is 10.3. The van der Waals surface area contributed by atoms with Gasteiger partial charge in [-0.05, 0) is 45.0 Å². The molecule has 0 aliphatic carbocycles. The van der Waals surface area contributed by atoms with Crippen molar-refractivity contribution in [1.29, 1.82) is 0 Å². The molecule has 0 aliphatic rings. The van der Waals surface area contributed by atoms with E-state index in [9.17, 15) is 18.0 Å². The minimum absolute atomic E-state index is 0.00555. The largest absolute Gasteiger partial charge is 0.491 e. The second-order valence-electron chi connectivity index (χ2n) is 5.67. The third kappa shape index (κ3) is 7.88. The van der Waals surface area contributed by atoms with Crippen LogP contribution in [0.15, 0.2) is 24.3 Å². The lowest BCUT2D eigenvalue weighted by Gasteiger charge is -2.20. The summed E-state index contributed by atoms with van der Waals surface area (Å²) in [5, 5.41) is 8.67. The molecular weight excluding hydrogens is 348 g/mol. The van der Waals surface area contributed by atoms with E-state index in [2.05, 4.69) is 4.72 Å². The Morgan fingerprint density at radius 2 is 1.84 bits per heavy atom. The Kier molecular flexibility index (Phi) is 7.69. The van der Waals surface area contributed by atoms with E-state index in [-0.39, 0.29) is 25.6 Å². The monoisotopic (exact) mass is 372 g/mol. The van der Waals surface area contributed by atoms with Crippen LogP contribution in [0.3, 0.4) is 0 Å². The van der Waals surface area contributed by atoms with E-state index >= 15 is 0 Å². The molecule has 0 spiro atoms. The smallest absolute Gasteiger partial charge is 0.305 e. The quantitative estimate of drug-likeness (QED) is 0.644. The van der Waals surface area contributed by atoms with Crippen molar-refractivity contribution >= 4 is 27.6 Å². The molecule has 9 heteroatoms. The van der Waals surface area contributed by atoms with Crippen LogP contribution in [0.25, 0.3) is 0 Å². The highest BCUT2D eigenvalue weighted by Gasteiger charge is 2.21. The molecule has 0 bridgehead atoms. The van der Waals surface area contributed by atoms with Crippen molar-refractivity contribution in [3.63, 3.8) is 0 Å². The zero-order valence-corrected chi connectivity index (χ0v) is 15.4. The highest BCUT2D eigenvalue weighted by atomic mass is 32.2. The van der Waals surface area contributed by atoms with E-state index in [1.165, 1.54) is 4.90 Å². The summed E-state index contributed by atoms with van der Waals surface area (Å²) in [6.45, 7) is 5.63. The summed E-state index contributed by atoms with van der Waals surface area (Å²) in [4.78, 5) is 23.8. The van der Waals surface area contributed by atoms with Crippen molar-refractivity contribution in [2.75, 3.05) is 23.6 Å². The standard InChI is InChI=1S/C16H24N2O6S/c1-4-18(10-9-16(20)21)15(19)11-25(22,23)17-13-5-7-14(8-6-13)24-12(2)3/h5-8,12,17H,4,9-11H2,1-3H3,(H,20,21). The minimum atomic E-state index is -3.89. The van der Waals surface area contributed by atoms with Gasteiger partial charge in [-0.1, -0.05) is 0 Å². The molecule has 0 atom stereocenters. The van der Waals surface area contributed by atoms with Crippen LogP contribution in [0, 0.1) is 0 Å². The number of carboxylic acids is 1. The average Bonchev–Trinajstić information content (AvgIpc) is 2.48. The average molecular weight is 372 g/mol. The summed E-state index contributed by atoms with van der Waals surface area (Å²) in [6.07, 6.45) is -0.226. The number of ether oxygens (including phenoxy) is 1. The lowest BCUT2D eigenvalue weighted by molar-refractivity contribution is -0.138. The number of sulfonamides is 1. The van der Waals surface area contributed by atoms with Gasteiger partial charge in [0.25, 0.3) is 0 Å². The Hall–Kier alpha value is -2.29. The van der Waals surface area contributed by atoms with E-state index in [4.69, 9.17) is 9.84 Å². The van der Waals surface area contributed by atoms with Gasteiger partial charge < -0.3 is 14.7 Å². The van der Waals surface area contributed by atoms with Crippen LogP contribution in [0.5, 0.6) is 5.75 Å². The molecule has 1 rings (SSSR count). The number of benzene rings is 1. The molecule has 0 fully saturated rings. The summed E-state index contributed by atoms with van der Waals surface area (Å²) in [7, 11) is -3.89. The lowest BCUT2D eigenvalue weighted by Crippen LogP contribution is -2.38. The number of hydrogen-bond acceptors (Lipinski definition) is 5. The fourth-order valence-electron chi connectivity index (χ4n) is 2.03. The number of carboxylic acid groups (broad SMARTS) is 1. The van der Waals surface area contributed by atoms with E-state index in [0.29, 0.717) is 11.4 Å². The third-order valence-corrected chi connectivity index (χ3v) is 4.32. The molecule has 8 nitrogen and oxygen atoms in total. The maximum absolute atomic E-state index is 12.1. The van der Waals surface area contributed by atoms with Gasteiger partial charge in [-0.15, -0.1) is 0 Å². The van der Waals surface area contributed by atoms with Gasteiger partial charge in [-0.25, -0.2) is 8.42 Å². The van der Waals surface area contributed by atoms with Gasteiger partial charge in [-0.2, -0.15) is 0 Å². The number of anilines is 1. The van der Waals surface area contributed by atoms with Gasteiger partial charge in [0, 0.05) is 18.8 Å². The first-order chi connectivity index (χ1) is 11.6. The van der Waals surface area contributed by atoms with Gasteiger partial charge in [0.2, 0.25) is 15.9 Å². The Morgan fingerprint density at radius 3 is 2.32 bits per heavy atom. The normalized spacial score (nSPS) is 11.2. The first kappa shape index (κ1) is 20.8. The fourth-order valence-corrected chi connectivity index (χ4v) is 3.11. The van der Waals surface area contributed by atoms with Crippen LogP contribution in [-0.4, -0.2) is 55.2 Å². The minimum Gasteiger partial charge on any atom is -0.491 e. The zero-order chi connectivity index (χ0) is 19.0. The number of hydrogen-bond donors (Lipinski definition) is 2. The van der Waals surface area contributed by atoms with E-state index in [0.717, 1.165) is 0 Å². The SMILES string of the molecule is CCN(CCC(=O)O)C(=O)CS(=O)(=O)Nc1ccc(OC(C)C)cc1. The van der Waals surface area contributed by atoms with Crippen LogP contribution >= 0.6 is 0 Å². The van der Waals surface area contributed by atoms with Crippen LogP contribution in [0.4, 0.5) is 5.69 Å². The van der Waals surface area contributed by atoms with Crippen LogP contribution < -0.4 is 9.46 Å². The maximum Gasteiger partial charge on any atom is 0.305 e. The van der Waals surface area contributed by atoms with Crippen LogP contribution in [-0.2, 0) is 19.6 Å². The maximum atomic E-state index is 12.1. The molecule has 0 saturated heterocycles. The van der Waals surface area contributed by atoms with E-state index in [1.807, 2.05) is 13.8 Å². The predicted molar refractivity (Wildman–Crippen MR) is 94.1 cm³/mol. The molecule has 25 heavy (non-hydrogen) atoms. The third-order valence-electron chi connectivity index (χ3n) is 3.14. The summed E-state index contributed by atoms with van der Waals surface area (Å²) >= 11 is 0. The molecule has 2 N–H and O–H groups in total. The first-order valence-electron chi connectivity index (χ1n) is 7.89. The number of aliphatic carboxylic acids is 1. The van der Waals surface area contributed by atoms with Crippen molar-refractivity contribution in [2.45, 2.75) is 33.3 Å². The number of amides is 1. The number of nitrogens with one attached hydrogen (secondary N) is 1. The molecular formula is C16H24N2O6S. The number of nitrogens with zero attached hydrogens (tertiary/aromatic N) is 1. The molecule has 0 unspecified atom stereocenters. The molecule has 0 heterocycles. The fraction of sp³-hybridized carbons (Fsp3) is 0.500. The van der Waals surface area contributed by atoms with Crippen molar-refractivity contribution in [3.8, 4) is 5.75 Å². The second-order valence-corrected chi connectivity index (χ2v) is 7.39. The molecule has 0 aliphatic heterocycles. The topological polar surface area (TPSA) is 113 Å². The Balaban J connectivity index is 2.68. The molecule has 140 valence electrons. The molecule has 0 saturated carbocycles. The molecule has 0 radical (unpaired) electrons. The van der Waals surface area contributed by atoms with Crippen molar-refractivity contribution < 1.29 is 27.9 Å². The zero-order valence-electron chi connectivity index (χ0n) is 14.6. The summed E-state index contributed by atoms with van der Waals surface area (Å²) in [5.41, 5.74) is 0.317.